The first-order valence-corrected chi connectivity index (χ1v) is 9.14. The summed E-state index contributed by atoms with van der Waals surface area (Å²) in [5, 5.41) is 0. The molecule has 0 bridgehead atoms. The van der Waals surface area contributed by atoms with Crippen LogP contribution in [0.3, 0.4) is 0 Å². The zero-order chi connectivity index (χ0) is 15.6. The van der Waals surface area contributed by atoms with Crippen LogP contribution in [0.5, 0.6) is 0 Å². The Hall–Kier alpha value is -1.07. The van der Waals surface area contributed by atoms with Gasteiger partial charge in [0.15, 0.2) is 0 Å². The molecule has 0 amide bonds. The Morgan fingerprint density at radius 3 is 2.43 bits per heavy atom. The average Bonchev–Trinajstić information content (AvgIpc) is 2.35. The number of nitrogens with two attached hydrogens (primary N) is 1. The Kier molecular flexibility index (Phi) is 4.94. The van der Waals surface area contributed by atoms with Crippen molar-refractivity contribution in [2.45, 2.75) is 51.3 Å². The van der Waals surface area contributed by atoms with Crippen LogP contribution in [-0.2, 0) is 10.0 Å². The number of nitrogen functional groups attached to an aromatic ring is 1. The van der Waals surface area contributed by atoms with E-state index in [1.165, 1.54) is 12.8 Å². The van der Waals surface area contributed by atoms with Gasteiger partial charge in [-0.15, -0.1) is 0 Å². The minimum Gasteiger partial charge on any atom is -0.399 e. The van der Waals surface area contributed by atoms with Crippen molar-refractivity contribution in [2.75, 3.05) is 12.3 Å². The number of sulfonamides is 1. The van der Waals surface area contributed by atoms with E-state index >= 15 is 0 Å². The lowest BCUT2D eigenvalue weighted by Gasteiger charge is -2.27. The van der Waals surface area contributed by atoms with Gasteiger partial charge >= 0.3 is 0 Å². The summed E-state index contributed by atoms with van der Waals surface area (Å²) in [4.78, 5) is 0.376. The van der Waals surface area contributed by atoms with Gasteiger partial charge in [-0.3, -0.25) is 0 Å². The van der Waals surface area contributed by atoms with E-state index in [-0.39, 0.29) is 0 Å². The molecular formula is C16H26N2O2S. The molecular weight excluding hydrogens is 284 g/mol. The summed E-state index contributed by atoms with van der Waals surface area (Å²) in [7, 11) is -3.46. The standard InChI is InChI=1S/C16H26N2O2S/c1-11-5-4-6-14(7-11)10-18-21(19,20)16-12(2)8-15(17)9-13(16)3/h8-9,11,14,18H,4-7,10,17H2,1-3H3. The Morgan fingerprint density at radius 1 is 1.24 bits per heavy atom. The molecule has 1 aliphatic carbocycles. The van der Waals surface area contributed by atoms with Crippen LogP contribution >= 0.6 is 0 Å². The lowest BCUT2D eigenvalue weighted by atomic mass is 9.83. The van der Waals surface area contributed by atoms with Gasteiger partial charge in [-0.25, -0.2) is 13.1 Å². The topological polar surface area (TPSA) is 72.2 Å². The third-order valence-electron chi connectivity index (χ3n) is 4.36. The van der Waals surface area contributed by atoms with E-state index in [4.69, 9.17) is 5.73 Å². The molecule has 0 saturated heterocycles. The lowest BCUT2D eigenvalue weighted by molar-refractivity contribution is 0.283. The summed E-state index contributed by atoms with van der Waals surface area (Å²) in [5.41, 5.74) is 7.78. The molecule has 1 fully saturated rings. The number of benzene rings is 1. The van der Waals surface area contributed by atoms with Crippen LogP contribution in [0.1, 0.15) is 43.7 Å². The molecule has 0 heterocycles. The van der Waals surface area contributed by atoms with Crippen molar-refractivity contribution >= 4 is 15.7 Å². The summed E-state index contributed by atoms with van der Waals surface area (Å²) < 4.78 is 27.9. The van der Waals surface area contributed by atoms with Crippen LogP contribution in [0.4, 0.5) is 5.69 Å². The van der Waals surface area contributed by atoms with E-state index in [0.29, 0.717) is 40.1 Å². The Balaban J connectivity index is 2.12. The fourth-order valence-corrected chi connectivity index (χ4v) is 5.02. The first-order valence-electron chi connectivity index (χ1n) is 7.66. The smallest absolute Gasteiger partial charge is 0.241 e. The SMILES string of the molecule is Cc1cc(N)cc(C)c1S(=O)(=O)NCC1CCCC(C)C1. The first kappa shape index (κ1) is 16.3. The van der Waals surface area contributed by atoms with E-state index in [2.05, 4.69) is 11.6 Å². The predicted octanol–water partition coefficient (Wildman–Crippen LogP) is 2.99. The Morgan fingerprint density at radius 2 is 1.86 bits per heavy atom. The molecule has 1 saturated carbocycles. The molecule has 3 N–H and O–H groups in total. The Labute approximate surface area is 128 Å². The van der Waals surface area contributed by atoms with Crippen LogP contribution in [0.15, 0.2) is 17.0 Å². The van der Waals surface area contributed by atoms with Crippen molar-refractivity contribution < 1.29 is 8.42 Å². The van der Waals surface area contributed by atoms with E-state index in [9.17, 15) is 8.42 Å². The third kappa shape index (κ3) is 3.98. The van der Waals surface area contributed by atoms with Gasteiger partial charge in [0.05, 0.1) is 4.90 Å². The first-order chi connectivity index (χ1) is 9.79. The summed E-state index contributed by atoms with van der Waals surface area (Å²) >= 11 is 0. The highest BCUT2D eigenvalue weighted by molar-refractivity contribution is 7.89. The predicted molar refractivity (Wildman–Crippen MR) is 86.6 cm³/mol. The molecule has 2 atom stereocenters. The minimum absolute atomic E-state index is 0.376. The van der Waals surface area contributed by atoms with Gasteiger partial charge in [-0.1, -0.05) is 19.8 Å². The lowest BCUT2D eigenvalue weighted by Crippen LogP contribution is -2.32. The second-order valence-corrected chi connectivity index (χ2v) is 8.18. The number of rotatable bonds is 4. The van der Waals surface area contributed by atoms with Crippen molar-refractivity contribution in [1.29, 1.82) is 0 Å². The van der Waals surface area contributed by atoms with Crippen molar-refractivity contribution in [1.82, 2.24) is 4.72 Å². The van der Waals surface area contributed by atoms with Gasteiger partial charge in [0.25, 0.3) is 0 Å². The molecule has 0 aliphatic heterocycles. The number of anilines is 1. The third-order valence-corrected chi connectivity index (χ3v) is 6.09. The largest absolute Gasteiger partial charge is 0.399 e. The molecule has 1 aromatic rings. The van der Waals surface area contributed by atoms with Crippen molar-refractivity contribution in [3.8, 4) is 0 Å². The molecule has 21 heavy (non-hydrogen) atoms. The highest BCUT2D eigenvalue weighted by Crippen LogP contribution is 2.29. The number of aryl methyl sites for hydroxylation is 2. The van der Waals surface area contributed by atoms with Crippen LogP contribution in [0, 0.1) is 25.7 Å². The average molecular weight is 310 g/mol. The van der Waals surface area contributed by atoms with Crippen LogP contribution in [0.25, 0.3) is 0 Å². The molecule has 5 heteroatoms. The fourth-order valence-electron chi connectivity index (χ4n) is 3.45. The maximum absolute atomic E-state index is 12.6. The molecule has 2 unspecified atom stereocenters. The molecule has 1 aromatic carbocycles. The normalized spacial score (nSPS) is 23.2. The summed E-state index contributed by atoms with van der Waals surface area (Å²) in [6.45, 7) is 6.37. The van der Waals surface area contributed by atoms with Crippen LogP contribution in [0.2, 0.25) is 0 Å². The van der Waals surface area contributed by atoms with Gasteiger partial charge in [0, 0.05) is 12.2 Å². The summed E-state index contributed by atoms with van der Waals surface area (Å²) in [6.07, 6.45) is 4.70. The number of nitrogens with one attached hydrogen (secondary N) is 1. The molecule has 1 aliphatic rings. The van der Waals surface area contributed by atoms with Crippen molar-refractivity contribution in [3.05, 3.63) is 23.3 Å². The zero-order valence-corrected chi connectivity index (χ0v) is 14.0. The monoisotopic (exact) mass is 310 g/mol. The van der Waals surface area contributed by atoms with E-state index in [1.807, 2.05) is 0 Å². The molecule has 0 aromatic heterocycles. The summed E-state index contributed by atoms with van der Waals surface area (Å²) in [6, 6.07) is 3.43. The molecule has 4 nitrogen and oxygen atoms in total. The van der Waals surface area contributed by atoms with Gasteiger partial charge in [-0.05, 0) is 61.8 Å². The van der Waals surface area contributed by atoms with Crippen molar-refractivity contribution in [2.24, 2.45) is 11.8 Å². The van der Waals surface area contributed by atoms with Gasteiger partial charge in [-0.2, -0.15) is 0 Å². The highest BCUT2D eigenvalue weighted by atomic mass is 32.2. The zero-order valence-electron chi connectivity index (χ0n) is 13.1. The van der Waals surface area contributed by atoms with Crippen LogP contribution in [-0.4, -0.2) is 15.0 Å². The second kappa shape index (κ2) is 6.36. The molecule has 118 valence electrons. The molecule has 0 radical (unpaired) electrons. The molecule has 0 spiro atoms. The fraction of sp³-hybridized carbons (Fsp3) is 0.625. The second-order valence-electron chi connectivity index (χ2n) is 6.47. The minimum atomic E-state index is -3.46. The van der Waals surface area contributed by atoms with E-state index in [0.717, 1.165) is 12.8 Å². The van der Waals surface area contributed by atoms with Crippen molar-refractivity contribution in [3.63, 3.8) is 0 Å². The summed E-state index contributed by atoms with van der Waals surface area (Å²) in [5.74, 6) is 1.16. The highest BCUT2D eigenvalue weighted by Gasteiger charge is 2.24. The Bertz CT molecular complexity index is 588. The van der Waals surface area contributed by atoms with Gasteiger partial charge in [0.1, 0.15) is 0 Å². The van der Waals surface area contributed by atoms with E-state index < -0.39 is 10.0 Å². The number of hydrogen-bond acceptors (Lipinski definition) is 3. The number of hydrogen-bond donors (Lipinski definition) is 2. The quantitative estimate of drug-likeness (QED) is 0.840. The van der Waals surface area contributed by atoms with E-state index in [1.54, 1.807) is 26.0 Å². The maximum atomic E-state index is 12.6. The van der Waals surface area contributed by atoms with Gasteiger partial charge in [0.2, 0.25) is 10.0 Å². The maximum Gasteiger partial charge on any atom is 0.241 e. The van der Waals surface area contributed by atoms with Crippen LogP contribution < -0.4 is 10.5 Å². The van der Waals surface area contributed by atoms with Gasteiger partial charge < -0.3 is 5.73 Å². The molecule has 2 rings (SSSR count).